The molecule has 0 aromatic carbocycles. The summed E-state index contributed by atoms with van der Waals surface area (Å²) in [5, 5.41) is 8.62. The van der Waals surface area contributed by atoms with Gasteiger partial charge in [-0.15, -0.1) is 13.2 Å². The third kappa shape index (κ3) is 11.3. The molecule has 0 rings (SSSR count). The number of hydrogen-bond donors (Lipinski definition) is 0. The molecular formula is C18H28O10. The zero-order valence-electron chi connectivity index (χ0n) is 17.0. The molecule has 0 aliphatic rings. The van der Waals surface area contributed by atoms with Crippen LogP contribution in [0.2, 0.25) is 0 Å². The first kappa shape index (κ1) is 25.6. The predicted molar refractivity (Wildman–Crippen MR) is 95.5 cm³/mol. The molecule has 0 saturated carbocycles. The smallest absolute Gasteiger partial charge is 0.398 e. The van der Waals surface area contributed by atoms with Crippen LogP contribution < -0.4 is 0 Å². The van der Waals surface area contributed by atoms with Gasteiger partial charge in [0.15, 0.2) is 0 Å². The number of hydrogen-bond acceptors (Lipinski definition) is 10. The summed E-state index contributed by atoms with van der Waals surface area (Å²) in [4.78, 5) is 40.6. The normalized spacial score (nSPS) is 14.1. The zero-order chi connectivity index (χ0) is 21.8. The maximum absolute atomic E-state index is 11.2. The van der Waals surface area contributed by atoms with Crippen molar-refractivity contribution in [1.82, 2.24) is 0 Å². The van der Waals surface area contributed by atoms with E-state index in [0.29, 0.717) is 12.5 Å². The minimum Gasteiger partial charge on any atom is -0.398 e. The van der Waals surface area contributed by atoms with Crippen LogP contribution in [-0.4, -0.2) is 24.5 Å². The van der Waals surface area contributed by atoms with Crippen LogP contribution in [0.3, 0.4) is 0 Å². The average Bonchev–Trinajstić information content (AvgIpc) is 2.57. The molecule has 0 amide bonds. The fourth-order valence-corrected chi connectivity index (χ4v) is 1.46. The summed E-state index contributed by atoms with van der Waals surface area (Å²) in [6, 6.07) is 0. The Balaban J connectivity index is 4.01. The second-order valence-electron chi connectivity index (χ2n) is 7.55. The van der Waals surface area contributed by atoms with Gasteiger partial charge in [0.1, 0.15) is 24.7 Å². The highest BCUT2D eigenvalue weighted by atomic mass is 17.5. The Morgan fingerprint density at radius 2 is 1.04 bits per heavy atom. The average molecular weight is 404 g/mol. The minimum absolute atomic E-state index is 0.326. The van der Waals surface area contributed by atoms with Crippen molar-refractivity contribution in [3.63, 3.8) is 0 Å². The van der Waals surface area contributed by atoms with E-state index in [1.54, 1.807) is 0 Å². The molecule has 0 spiro atoms. The van der Waals surface area contributed by atoms with Gasteiger partial charge >= 0.3 is 12.3 Å². The summed E-state index contributed by atoms with van der Waals surface area (Å²) in [5.74, 6) is 0. The Morgan fingerprint density at radius 3 is 1.29 bits per heavy atom. The molecule has 28 heavy (non-hydrogen) atoms. The lowest BCUT2D eigenvalue weighted by Gasteiger charge is -2.25. The van der Waals surface area contributed by atoms with E-state index in [4.69, 9.17) is 9.78 Å². The predicted octanol–water partition coefficient (Wildman–Crippen LogP) is 4.69. The topological polar surface area (TPSA) is 108 Å². The zero-order valence-corrected chi connectivity index (χ0v) is 17.0. The molecule has 10 nitrogen and oxygen atoms in total. The number of rotatable bonds is 10. The third-order valence-corrected chi connectivity index (χ3v) is 3.01. The molecule has 0 aromatic heterocycles. The van der Waals surface area contributed by atoms with Crippen molar-refractivity contribution in [3.05, 3.63) is 37.8 Å². The molecule has 0 aromatic rings. The summed E-state index contributed by atoms with van der Waals surface area (Å²) in [7, 11) is 0. The summed E-state index contributed by atoms with van der Waals surface area (Å²) >= 11 is 0. The summed E-state index contributed by atoms with van der Waals surface area (Å²) in [6.45, 7) is 18.4. The van der Waals surface area contributed by atoms with E-state index >= 15 is 0 Å². The first-order valence-corrected chi connectivity index (χ1v) is 8.23. The van der Waals surface area contributed by atoms with Crippen LogP contribution in [0, 0.1) is 10.8 Å². The second kappa shape index (κ2) is 12.1. The van der Waals surface area contributed by atoms with Crippen LogP contribution in [0.15, 0.2) is 37.8 Å². The molecule has 0 bridgehead atoms. The Bertz CT molecular complexity index is 494. The van der Waals surface area contributed by atoms with Crippen LogP contribution >= 0.6 is 0 Å². The van der Waals surface area contributed by atoms with Crippen molar-refractivity contribution in [2.24, 2.45) is 10.8 Å². The van der Waals surface area contributed by atoms with Gasteiger partial charge in [0.2, 0.25) is 0 Å². The van der Waals surface area contributed by atoms with Crippen molar-refractivity contribution >= 4 is 12.3 Å². The molecule has 0 saturated heterocycles. The first-order valence-electron chi connectivity index (χ1n) is 8.23. The lowest BCUT2D eigenvalue weighted by Crippen LogP contribution is -2.27. The molecule has 10 heteroatoms. The van der Waals surface area contributed by atoms with E-state index in [0.717, 1.165) is 0 Å². The fourth-order valence-electron chi connectivity index (χ4n) is 1.46. The molecule has 160 valence electrons. The van der Waals surface area contributed by atoms with Gasteiger partial charge in [0.25, 0.3) is 0 Å². The van der Waals surface area contributed by atoms with Gasteiger partial charge < -0.3 is 9.47 Å². The molecule has 0 N–H and O–H groups in total. The van der Waals surface area contributed by atoms with E-state index in [1.165, 1.54) is 12.2 Å². The van der Waals surface area contributed by atoms with E-state index in [2.05, 4.69) is 42.5 Å². The Labute approximate surface area is 164 Å². The summed E-state index contributed by atoms with van der Waals surface area (Å²) in [5.41, 5.74) is -0.652. The summed E-state index contributed by atoms with van der Waals surface area (Å²) < 4.78 is 8.82. The molecule has 0 heterocycles. The standard InChI is InChI=1S/C18H28O10/c1-9-13(17(3,4)5)23-27-25-15(19)21-11-12-22-16(20)26-28-24-14(10-2)18(6,7)8/h9-14H,1-2H2,3-8H3/b12-11+. The van der Waals surface area contributed by atoms with Crippen LogP contribution in [0.1, 0.15) is 41.5 Å². The fraction of sp³-hybridized carbons (Fsp3) is 0.556. The molecule has 2 atom stereocenters. The highest BCUT2D eigenvalue weighted by molar-refractivity contribution is 5.60. The maximum Gasteiger partial charge on any atom is 0.547 e. The van der Waals surface area contributed by atoms with E-state index in [-0.39, 0.29) is 10.8 Å². The second-order valence-corrected chi connectivity index (χ2v) is 7.55. The minimum atomic E-state index is -1.27. The van der Waals surface area contributed by atoms with E-state index in [9.17, 15) is 9.59 Å². The number of ether oxygens (including phenoxy) is 2. The van der Waals surface area contributed by atoms with Crippen molar-refractivity contribution < 1.29 is 48.7 Å². The van der Waals surface area contributed by atoms with Crippen molar-refractivity contribution in [2.45, 2.75) is 53.8 Å². The molecule has 0 radical (unpaired) electrons. The molecule has 0 fully saturated rings. The van der Waals surface area contributed by atoms with Crippen LogP contribution in [0.4, 0.5) is 9.59 Å². The lowest BCUT2D eigenvalue weighted by atomic mass is 9.89. The van der Waals surface area contributed by atoms with Gasteiger partial charge in [0, 0.05) is 0 Å². The highest BCUT2D eigenvalue weighted by Gasteiger charge is 2.25. The summed E-state index contributed by atoms with van der Waals surface area (Å²) in [6.07, 6.45) is 0.753. The maximum atomic E-state index is 11.2. The van der Waals surface area contributed by atoms with Gasteiger partial charge in [0.05, 0.1) is 0 Å². The quantitative estimate of drug-likeness (QED) is 0.167. The molecular weight excluding hydrogens is 376 g/mol. The van der Waals surface area contributed by atoms with Gasteiger partial charge in [-0.1, -0.05) is 53.7 Å². The number of carbonyl (C=O) groups excluding carboxylic acids is 2. The lowest BCUT2D eigenvalue weighted by molar-refractivity contribution is -0.502. The molecule has 2 unspecified atom stereocenters. The monoisotopic (exact) mass is 404 g/mol. The van der Waals surface area contributed by atoms with Gasteiger partial charge in [-0.3, -0.25) is 0 Å². The highest BCUT2D eigenvalue weighted by Crippen LogP contribution is 2.24. The molecule has 0 aliphatic carbocycles. The Morgan fingerprint density at radius 1 is 0.714 bits per heavy atom. The van der Waals surface area contributed by atoms with E-state index in [1.807, 2.05) is 41.5 Å². The van der Waals surface area contributed by atoms with Gasteiger partial charge in [-0.25, -0.2) is 19.4 Å². The SMILES string of the molecule is C=CC(OOOC(=O)O/C=C/OC(=O)OOOC(C=C)C(C)(C)C)C(C)(C)C. The Hall–Kier alpha value is -2.40. The van der Waals surface area contributed by atoms with Crippen molar-refractivity contribution in [3.8, 4) is 0 Å². The Kier molecular flexibility index (Phi) is 11.1. The van der Waals surface area contributed by atoms with Gasteiger partial charge in [-0.2, -0.15) is 9.78 Å². The van der Waals surface area contributed by atoms with Crippen molar-refractivity contribution in [1.29, 1.82) is 0 Å². The van der Waals surface area contributed by atoms with E-state index < -0.39 is 24.5 Å². The third-order valence-electron chi connectivity index (χ3n) is 3.01. The van der Waals surface area contributed by atoms with Crippen LogP contribution in [-0.2, 0) is 39.1 Å². The van der Waals surface area contributed by atoms with Crippen molar-refractivity contribution in [2.75, 3.05) is 0 Å². The number of carbonyl (C=O) groups is 2. The molecule has 0 aliphatic heterocycles. The van der Waals surface area contributed by atoms with Crippen LogP contribution in [0.5, 0.6) is 0 Å². The van der Waals surface area contributed by atoms with Gasteiger partial charge in [-0.05, 0) is 20.9 Å². The first-order chi connectivity index (χ1) is 12.9. The largest absolute Gasteiger partial charge is 0.547 e. The van der Waals surface area contributed by atoms with Crippen LogP contribution in [0.25, 0.3) is 0 Å².